The minimum absolute atomic E-state index is 0.0509. The summed E-state index contributed by atoms with van der Waals surface area (Å²) in [5.41, 5.74) is 11.4. The van der Waals surface area contributed by atoms with Crippen LogP contribution >= 0.6 is 0 Å². The molecule has 54 heavy (non-hydrogen) atoms. The quantitative estimate of drug-likeness (QED) is 0.108. The van der Waals surface area contributed by atoms with E-state index in [4.69, 9.17) is 15.5 Å². The van der Waals surface area contributed by atoms with Crippen LogP contribution in [0.5, 0.6) is 0 Å². The van der Waals surface area contributed by atoms with E-state index in [9.17, 15) is 19.2 Å². The highest BCUT2D eigenvalue weighted by atomic mass is 16.5. The maximum absolute atomic E-state index is 13.2. The number of aromatic nitrogens is 4. The lowest BCUT2D eigenvalue weighted by atomic mass is 10.0. The number of rotatable bonds is 12. The Morgan fingerprint density at radius 3 is 2.65 bits per heavy atom. The molecule has 3 aromatic heterocycles. The van der Waals surface area contributed by atoms with Crippen LogP contribution in [0.25, 0.3) is 16.8 Å². The third kappa shape index (κ3) is 6.86. The monoisotopic (exact) mass is 728 g/mol. The second kappa shape index (κ2) is 15.0. The molecule has 3 aliphatic rings. The minimum atomic E-state index is -0.654. The summed E-state index contributed by atoms with van der Waals surface area (Å²) in [7, 11) is 0. The Balaban J connectivity index is 0.881. The number of pyridine rings is 1. The zero-order chi connectivity index (χ0) is 37.2. The number of imide groups is 1. The lowest BCUT2D eigenvalue weighted by Gasteiger charge is -2.29. The van der Waals surface area contributed by atoms with Crippen LogP contribution in [0, 0.1) is 0 Å². The van der Waals surface area contributed by atoms with Crippen molar-refractivity contribution in [2.75, 3.05) is 49.2 Å². The van der Waals surface area contributed by atoms with Crippen molar-refractivity contribution in [1.29, 1.82) is 0 Å². The number of fused-ring (bicyclic) bond motifs is 2. The molecule has 2 atom stereocenters. The fourth-order valence-corrected chi connectivity index (χ4v) is 7.61. The van der Waals surface area contributed by atoms with Crippen LogP contribution in [-0.4, -0.2) is 91.7 Å². The highest BCUT2D eigenvalue weighted by Gasteiger charge is 2.40. The van der Waals surface area contributed by atoms with Crippen LogP contribution in [0.2, 0.25) is 0 Å². The topological polar surface area (TPSA) is 189 Å². The molecule has 1 unspecified atom stereocenters. The average molecular weight is 729 g/mol. The van der Waals surface area contributed by atoms with Crippen LogP contribution in [-0.2, 0) is 20.9 Å². The molecule has 15 heteroatoms. The Morgan fingerprint density at radius 1 is 0.963 bits per heavy atom. The molecule has 0 saturated carbocycles. The zero-order valence-electron chi connectivity index (χ0n) is 29.5. The largest absolute Gasteiger partial charge is 0.382 e. The van der Waals surface area contributed by atoms with Crippen LogP contribution in [0.1, 0.15) is 63.8 Å². The van der Waals surface area contributed by atoms with Gasteiger partial charge in [0.1, 0.15) is 34.7 Å². The number of benzene rings is 2. The van der Waals surface area contributed by atoms with Gasteiger partial charge in [-0.3, -0.25) is 33.8 Å². The lowest BCUT2D eigenvalue weighted by Crippen LogP contribution is -2.52. The number of piperidine rings is 1. The molecule has 15 nitrogen and oxygen atoms in total. The number of nitrogens with two attached hydrogens (primary N) is 1. The number of hydrogen-bond donors (Lipinski definition) is 4. The second-order valence-electron chi connectivity index (χ2n) is 13.6. The van der Waals surface area contributed by atoms with Crippen LogP contribution in [0.4, 0.5) is 17.3 Å². The van der Waals surface area contributed by atoms with Gasteiger partial charge in [-0.05, 0) is 62.2 Å². The molecule has 0 aliphatic carbocycles. The van der Waals surface area contributed by atoms with Gasteiger partial charge in [0.15, 0.2) is 0 Å². The van der Waals surface area contributed by atoms with Crippen molar-refractivity contribution in [3.05, 3.63) is 102 Å². The van der Waals surface area contributed by atoms with Crippen molar-refractivity contribution in [2.45, 2.75) is 44.3 Å². The number of nitrogen functional groups attached to an aromatic ring is 1. The zero-order valence-corrected chi connectivity index (χ0v) is 29.5. The summed E-state index contributed by atoms with van der Waals surface area (Å²) in [6, 6.07) is 17.5. The van der Waals surface area contributed by atoms with Crippen LogP contribution in [0.3, 0.4) is 0 Å². The smallest absolute Gasteiger partial charge is 0.256 e. The van der Waals surface area contributed by atoms with E-state index < -0.39 is 11.9 Å². The Morgan fingerprint density at radius 2 is 1.83 bits per heavy atom. The Bertz CT molecular complexity index is 2220. The lowest BCUT2D eigenvalue weighted by molar-refractivity contribution is -0.136. The van der Waals surface area contributed by atoms with E-state index >= 15 is 0 Å². The molecular formula is C39H40N10O5. The predicted molar refractivity (Wildman–Crippen MR) is 200 cm³/mol. The van der Waals surface area contributed by atoms with Crippen molar-refractivity contribution in [3.8, 4) is 11.3 Å². The van der Waals surface area contributed by atoms with E-state index in [-0.39, 0.29) is 30.2 Å². The van der Waals surface area contributed by atoms with Gasteiger partial charge in [0, 0.05) is 72.6 Å². The first-order valence-corrected chi connectivity index (χ1v) is 18.1. The van der Waals surface area contributed by atoms with Crippen molar-refractivity contribution >= 4 is 46.5 Å². The number of imidazole rings is 1. The Kier molecular flexibility index (Phi) is 9.71. The standard InChI is InChI=1S/C39H40N10O5/c40-35-34-33(24-9-11-25(12-10-24)37(51)44-31-8-1-2-15-42-31)46-36(48(34)19-16-43-35)29-7-4-18-47(29)20-22-54-21-17-41-28-6-3-5-26-27(28)23-49(39(26)53)30-13-14-32(50)45-38(30)52/h1-3,5-6,8-12,15-16,19,29-30,41H,4,7,13-14,17-18,20-23H2,(H2,40,43)(H,42,44,51)(H,45,50,52)/t29-,30?/m0/s1. The number of carbonyl (C=O) groups is 4. The fourth-order valence-electron chi connectivity index (χ4n) is 7.61. The van der Waals surface area contributed by atoms with Gasteiger partial charge in [-0.2, -0.15) is 0 Å². The maximum atomic E-state index is 13.2. The summed E-state index contributed by atoms with van der Waals surface area (Å²) < 4.78 is 8.10. The first-order chi connectivity index (χ1) is 26.4. The van der Waals surface area contributed by atoms with Crippen molar-refractivity contribution in [1.82, 2.24) is 34.5 Å². The molecule has 5 aromatic rings. The molecule has 5 N–H and O–H groups in total. The Labute approximate surface area is 310 Å². The third-order valence-corrected chi connectivity index (χ3v) is 10.3. The van der Waals surface area contributed by atoms with E-state index in [2.05, 4.69) is 30.8 Å². The minimum Gasteiger partial charge on any atom is -0.382 e. The molecule has 3 aliphatic heterocycles. The molecule has 4 amide bonds. The van der Waals surface area contributed by atoms with Gasteiger partial charge in [-0.15, -0.1) is 0 Å². The highest BCUT2D eigenvalue weighted by molar-refractivity contribution is 6.06. The number of anilines is 3. The van der Waals surface area contributed by atoms with Crippen molar-refractivity contribution in [2.24, 2.45) is 0 Å². The van der Waals surface area contributed by atoms with Gasteiger partial charge < -0.3 is 26.0 Å². The SMILES string of the molecule is Nc1nccn2c([C@@H]3CCCN3CCOCCNc3cccc4c3CN(C3CCC(=O)NC3=O)C4=O)nc(-c3ccc(C(=O)Nc4ccccn4)cc3)c12. The summed E-state index contributed by atoms with van der Waals surface area (Å²) in [6.07, 6.45) is 7.69. The van der Waals surface area contributed by atoms with Gasteiger partial charge in [0.2, 0.25) is 11.8 Å². The van der Waals surface area contributed by atoms with Gasteiger partial charge in [0.05, 0.1) is 19.3 Å². The van der Waals surface area contributed by atoms with Crippen molar-refractivity contribution in [3.63, 3.8) is 0 Å². The number of ether oxygens (including phenoxy) is 1. The third-order valence-electron chi connectivity index (χ3n) is 10.3. The molecule has 6 heterocycles. The molecule has 0 spiro atoms. The molecule has 2 fully saturated rings. The van der Waals surface area contributed by atoms with E-state index in [1.165, 1.54) is 0 Å². The number of carbonyl (C=O) groups excluding carboxylic acids is 4. The summed E-state index contributed by atoms with van der Waals surface area (Å²) >= 11 is 0. The first kappa shape index (κ1) is 34.9. The maximum Gasteiger partial charge on any atom is 0.256 e. The van der Waals surface area contributed by atoms with Gasteiger partial charge in [0.25, 0.3) is 11.8 Å². The number of hydrogen-bond acceptors (Lipinski definition) is 11. The Hall–Kier alpha value is -6.19. The van der Waals surface area contributed by atoms with Gasteiger partial charge in [-0.1, -0.05) is 24.3 Å². The van der Waals surface area contributed by atoms with Gasteiger partial charge >= 0.3 is 0 Å². The number of nitrogens with zero attached hydrogens (tertiary/aromatic N) is 6. The fraction of sp³-hybridized carbons (Fsp3) is 0.308. The number of likely N-dealkylation sites (tertiary alicyclic amines) is 1. The molecule has 276 valence electrons. The summed E-state index contributed by atoms with van der Waals surface area (Å²) in [5.74, 6) is 0.552. The van der Waals surface area contributed by atoms with Crippen LogP contribution in [0.15, 0.2) is 79.3 Å². The molecule has 8 rings (SSSR count). The number of amides is 4. The average Bonchev–Trinajstić information content (AvgIpc) is 3.90. The summed E-state index contributed by atoms with van der Waals surface area (Å²) in [4.78, 5) is 67.7. The van der Waals surface area contributed by atoms with Gasteiger partial charge in [-0.25, -0.2) is 15.0 Å². The van der Waals surface area contributed by atoms with E-state index in [1.807, 2.05) is 40.9 Å². The normalized spacial score (nSPS) is 18.6. The molecule has 2 saturated heterocycles. The van der Waals surface area contributed by atoms with Crippen molar-refractivity contribution < 1.29 is 23.9 Å². The number of nitrogens with one attached hydrogen (secondary N) is 3. The second-order valence-corrected chi connectivity index (χ2v) is 13.6. The summed E-state index contributed by atoms with van der Waals surface area (Å²) in [5, 5.41) is 8.57. The van der Waals surface area contributed by atoms with Crippen LogP contribution < -0.4 is 21.7 Å². The predicted octanol–water partition coefficient (Wildman–Crippen LogP) is 3.65. The van der Waals surface area contributed by atoms with E-state index in [1.54, 1.807) is 47.6 Å². The molecule has 2 aromatic carbocycles. The highest BCUT2D eigenvalue weighted by Crippen LogP contribution is 2.36. The molecular weight excluding hydrogens is 688 g/mol. The van der Waals surface area contributed by atoms with E-state index in [0.717, 1.165) is 47.5 Å². The molecule has 0 bridgehead atoms. The first-order valence-electron chi connectivity index (χ1n) is 18.1. The van der Waals surface area contributed by atoms with E-state index in [0.29, 0.717) is 67.7 Å². The molecule has 0 radical (unpaired) electrons. The summed E-state index contributed by atoms with van der Waals surface area (Å²) in [6.45, 7) is 3.45.